The average molecular weight is 244 g/mol. The van der Waals surface area contributed by atoms with Crippen LogP contribution in [0.4, 0.5) is 0 Å². The van der Waals surface area contributed by atoms with E-state index in [0.717, 1.165) is 17.7 Å². The molecule has 4 heteroatoms. The predicted octanol–water partition coefficient (Wildman–Crippen LogP) is 2.60. The number of thioether (sulfide) groups is 2. The lowest BCUT2D eigenvalue weighted by atomic mass is 10.1. The van der Waals surface area contributed by atoms with E-state index in [-0.39, 0.29) is 0 Å². The van der Waals surface area contributed by atoms with Crippen LogP contribution in [0.3, 0.4) is 0 Å². The molecule has 2 nitrogen and oxygen atoms in total. The lowest BCUT2D eigenvalue weighted by Crippen LogP contribution is -2.38. The third-order valence-corrected chi connectivity index (χ3v) is 5.18. The van der Waals surface area contributed by atoms with Gasteiger partial charge in [0, 0.05) is 17.8 Å². The summed E-state index contributed by atoms with van der Waals surface area (Å²) in [6.07, 6.45) is 2.61. The molecule has 0 saturated carbocycles. The Labute approximate surface area is 101 Å². The molecule has 1 N–H and O–H groups in total. The molecule has 0 aromatic heterocycles. The van der Waals surface area contributed by atoms with Crippen molar-refractivity contribution in [1.29, 1.82) is 0 Å². The van der Waals surface area contributed by atoms with E-state index in [1.54, 1.807) is 0 Å². The van der Waals surface area contributed by atoms with Crippen LogP contribution >= 0.6 is 23.5 Å². The van der Waals surface area contributed by atoms with Crippen molar-refractivity contribution in [2.24, 2.45) is 10.9 Å². The van der Waals surface area contributed by atoms with Crippen LogP contribution in [0.5, 0.6) is 0 Å². The molecule has 0 bridgehead atoms. The first-order valence-electron chi connectivity index (χ1n) is 5.79. The standard InChI is InChI=1S/C11H20N2S2/c1-8-5-9(2)15-11(13-8)12-6-10-3-4-14-7-10/h8-10H,3-7H2,1-2H3,(H,12,13). The van der Waals surface area contributed by atoms with Gasteiger partial charge in [-0.05, 0) is 37.2 Å². The quantitative estimate of drug-likeness (QED) is 0.808. The average Bonchev–Trinajstić information content (AvgIpc) is 2.65. The fraction of sp³-hybridized carbons (Fsp3) is 0.909. The lowest BCUT2D eigenvalue weighted by Gasteiger charge is -2.27. The van der Waals surface area contributed by atoms with Crippen molar-refractivity contribution in [3.8, 4) is 0 Å². The van der Waals surface area contributed by atoms with Crippen LogP contribution in [0.25, 0.3) is 0 Å². The van der Waals surface area contributed by atoms with Gasteiger partial charge in [0.1, 0.15) is 0 Å². The molecule has 3 atom stereocenters. The van der Waals surface area contributed by atoms with Gasteiger partial charge in [-0.15, -0.1) is 0 Å². The van der Waals surface area contributed by atoms with Gasteiger partial charge in [-0.25, -0.2) is 0 Å². The van der Waals surface area contributed by atoms with Gasteiger partial charge in [0.15, 0.2) is 5.17 Å². The molecule has 0 aromatic rings. The van der Waals surface area contributed by atoms with E-state index in [4.69, 9.17) is 4.99 Å². The van der Waals surface area contributed by atoms with Gasteiger partial charge in [-0.1, -0.05) is 18.7 Å². The maximum absolute atomic E-state index is 4.72. The Hall–Kier alpha value is 0.170. The maximum atomic E-state index is 4.72. The van der Waals surface area contributed by atoms with Gasteiger partial charge in [0.25, 0.3) is 0 Å². The molecule has 3 unspecified atom stereocenters. The number of nitrogens with zero attached hydrogens (tertiary/aromatic N) is 1. The van der Waals surface area contributed by atoms with Gasteiger partial charge in [0.2, 0.25) is 0 Å². The first-order valence-corrected chi connectivity index (χ1v) is 7.83. The molecule has 2 rings (SSSR count). The summed E-state index contributed by atoms with van der Waals surface area (Å²) in [7, 11) is 0. The van der Waals surface area contributed by atoms with E-state index in [0.29, 0.717) is 6.04 Å². The van der Waals surface area contributed by atoms with Gasteiger partial charge < -0.3 is 5.32 Å². The van der Waals surface area contributed by atoms with E-state index in [9.17, 15) is 0 Å². The van der Waals surface area contributed by atoms with Crippen LogP contribution in [0.2, 0.25) is 0 Å². The zero-order valence-electron chi connectivity index (χ0n) is 9.53. The van der Waals surface area contributed by atoms with Crippen LogP contribution in [0.15, 0.2) is 4.99 Å². The minimum absolute atomic E-state index is 0.595. The summed E-state index contributed by atoms with van der Waals surface area (Å²) < 4.78 is 0. The van der Waals surface area contributed by atoms with E-state index in [1.165, 1.54) is 29.5 Å². The normalized spacial score (nSPS) is 39.3. The molecule has 86 valence electrons. The van der Waals surface area contributed by atoms with Crippen LogP contribution in [-0.4, -0.2) is 34.5 Å². The topological polar surface area (TPSA) is 24.4 Å². The minimum atomic E-state index is 0.595. The third kappa shape index (κ3) is 3.59. The molecule has 2 fully saturated rings. The fourth-order valence-electron chi connectivity index (χ4n) is 2.06. The van der Waals surface area contributed by atoms with Crippen LogP contribution in [0, 0.1) is 5.92 Å². The number of hydrogen-bond acceptors (Lipinski definition) is 3. The number of aliphatic imine (C=N–C) groups is 1. The minimum Gasteiger partial charge on any atom is -0.362 e. The summed E-state index contributed by atoms with van der Waals surface area (Å²) in [5, 5.41) is 5.38. The second kappa shape index (κ2) is 5.48. The molecule has 0 amide bonds. The van der Waals surface area contributed by atoms with E-state index >= 15 is 0 Å². The van der Waals surface area contributed by atoms with Gasteiger partial charge >= 0.3 is 0 Å². The van der Waals surface area contributed by atoms with Gasteiger partial charge in [-0.2, -0.15) is 11.8 Å². The van der Waals surface area contributed by atoms with E-state index in [1.807, 2.05) is 11.8 Å². The third-order valence-electron chi connectivity index (χ3n) is 2.89. The molecule has 2 heterocycles. The van der Waals surface area contributed by atoms with Crippen molar-refractivity contribution in [3.05, 3.63) is 0 Å². The summed E-state index contributed by atoms with van der Waals surface area (Å²) in [5.41, 5.74) is 0. The Balaban J connectivity index is 1.82. The molecule has 2 aliphatic heterocycles. The van der Waals surface area contributed by atoms with Crippen LogP contribution in [-0.2, 0) is 0 Å². The summed E-state index contributed by atoms with van der Waals surface area (Å²) in [4.78, 5) is 4.72. The number of amidine groups is 1. The molecular weight excluding hydrogens is 224 g/mol. The van der Waals surface area contributed by atoms with Crippen LogP contribution < -0.4 is 5.32 Å². The molecule has 0 spiro atoms. The van der Waals surface area contributed by atoms with Crippen molar-refractivity contribution in [2.45, 2.75) is 38.0 Å². The molecular formula is C11H20N2S2. The van der Waals surface area contributed by atoms with Crippen molar-refractivity contribution >= 4 is 28.7 Å². The maximum Gasteiger partial charge on any atom is 0.157 e. The molecule has 2 saturated heterocycles. The highest BCUT2D eigenvalue weighted by atomic mass is 32.2. The van der Waals surface area contributed by atoms with Gasteiger partial charge in [-0.3, -0.25) is 4.99 Å². The molecule has 0 radical (unpaired) electrons. The highest BCUT2D eigenvalue weighted by Crippen LogP contribution is 2.25. The Bertz CT molecular complexity index is 225. The summed E-state index contributed by atoms with van der Waals surface area (Å²) in [6, 6.07) is 0.595. The molecule has 2 aliphatic rings. The fourth-order valence-corrected chi connectivity index (χ4v) is 4.52. The van der Waals surface area contributed by atoms with Crippen molar-refractivity contribution in [3.63, 3.8) is 0 Å². The Morgan fingerprint density at radius 2 is 2.33 bits per heavy atom. The van der Waals surface area contributed by atoms with Crippen molar-refractivity contribution < 1.29 is 0 Å². The van der Waals surface area contributed by atoms with E-state index < -0.39 is 0 Å². The van der Waals surface area contributed by atoms with Crippen molar-refractivity contribution in [2.75, 3.05) is 18.1 Å². The molecule has 15 heavy (non-hydrogen) atoms. The SMILES string of the molecule is CC1CC(C)SC(=NCC2CCSC2)N1. The molecule has 0 aliphatic carbocycles. The highest BCUT2D eigenvalue weighted by molar-refractivity contribution is 8.14. The van der Waals surface area contributed by atoms with Crippen LogP contribution in [0.1, 0.15) is 26.7 Å². The Morgan fingerprint density at radius 3 is 3.00 bits per heavy atom. The van der Waals surface area contributed by atoms with Gasteiger partial charge in [0.05, 0.1) is 0 Å². The second-order valence-electron chi connectivity index (χ2n) is 4.59. The zero-order valence-corrected chi connectivity index (χ0v) is 11.2. The largest absolute Gasteiger partial charge is 0.362 e. The zero-order chi connectivity index (χ0) is 10.7. The Morgan fingerprint density at radius 1 is 1.47 bits per heavy atom. The summed E-state index contributed by atoms with van der Waals surface area (Å²) in [6.45, 7) is 5.57. The Kier molecular flexibility index (Phi) is 4.26. The number of nitrogens with one attached hydrogen (secondary N) is 1. The molecule has 0 aromatic carbocycles. The summed E-state index contributed by atoms with van der Waals surface area (Å²) in [5.74, 6) is 3.48. The first-order chi connectivity index (χ1) is 7.24. The first kappa shape index (κ1) is 11.6. The lowest BCUT2D eigenvalue weighted by molar-refractivity contribution is 0.585. The van der Waals surface area contributed by atoms with Crippen molar-refractivity contribution in [1.82, 2.24) is 5.32 Å². The highest BCUT2D eigenvalue weighted by Gasteiger charge is 2.20. The van der Waals surface area contributed by atoms with E-state index in [2.05, 4.69) is 30.9 Å². The predicted molar refractivity (Wildman–Crippen MR) is 72.0 cm³/mol. The monoisotopic (exact) mass is 244 g/mol. The number of hydrogen-bond donors (Lipinski definition) is 1. The smallest absolute Gasteiger partial charge is 0.157 e. The summed E-state index contributed by atoms with van der Waals surface area (Å²) >= 11 is 3.98. The number of rotatable bonds is 2. The second-order valence-corrected chi connectivity index (χ2v) is 7.16.